The minimum absolute atomic E-state index is 0.356. The van der Waals surface area contributed by atoms with Crippen LogP contribution in [0.3, 0.4) is 0 Å². The first-order chi connectivity index (χ1) is 10.1. The lowest BCUT2D eigenvalue weighted by molar-refractivity contribution is -0.131. The molecule has 4 nitrogen and oxygen atoms in total. The van der Waals surface area contributed by atoms with Gasteiger partial charge in [0.15, 0.2) is 0 Å². The van der Waals surface area contributed by atoms with E-state index in [0.717, 1.165) is 49.4 Å². The average Bonchev–Trinajstić information content (AvgIpc) is 2.46. The van der Waals surface area contributed by atoms with E-state index in [1.165, 1.54) is 6.08 Å². The van der Waals surface area contributed by atoms with Gasteiger partial charge in [-0.2, -0.15) is 0 Å². The summed E-state index contributed by atoms with van der Waals surface area (Å²) in [6, 6.07) is 6.18. The van der Waals surface area contributed by atoms with Crippen LogP contribution in [0, 0.1) is 6.92 Å². The van der Waals surface area contributed by atoms with E-state index in [-0.39, 0.29) is 0 Å². The maximum atomic E-state index is 10.7. The molecular formula is C17H23NO3. The second-order valence-electron chi connectivity index (χ2n) is 5.38. The Labute approximate surface area is 126 Å². The second-order valence-corrected chi connectivity index (χ2v) is 5.38. The van der Waals surface area contributed by atoms with E-state index in [2.05, 4.69) is 17.0 Å². The zero-order chi connectivity index (χ0) is 15.2. The summed E-state index contributed by atoms with van der Waals surface area (Å²) in [5, 5.41) is 8.82. The number of carbonyl (C=O) groups is 1. The molecule has 21 heavy (non-hydrogen) atoms. The van der Waals surface area contributed by atoms with Gasteiger partial charge in [0.25, 0.3) is 0 Å². The van der Waals surface area contributed by atoms with Crippen molar-refractivity contribution in [1.82, 2.24) is 0 Å². The predicted molar refractivity (Wildman–Crippen MR) is 84.7 cm³/mol. The Morgan fingerprint density at radius 3 is 2.76 bits per heavy atom. The van der Waals surface area contributed by atoms with E-state index in [4.69, 9.17) is 9.84 Å². The van der Waals surface area contributed by atoms with Crippen molar-refractivity contribution >= 4 is 17.7 Å². The molecule has 1 saturated heterocycles. The predicted octanol–water partition coefficient (Wildman–Crippen LogP) is 3.10. The highest BCUT2D eigenvalue weighted by Crippen LogP contribution is 2.27. The molecule has 0 amide bonds. The van der Waals surface area contributed by atoms with Crippen molar-refractivity contribution < 1.29 is 14.6 Å². The molecule has 0 unspecified atom stereocenters. The van der Waals surface area contributed by atoms with E-state index >= 15 is 0 Å². The van der Waals surface area contributed by atoms with Gasteiger partial charge in [-0.1, -0.05) is 11.6 Å². The zero-order valence-electron chi connectivity index (χ0n) is 12.7. The molecule has 1 aliphatic heterocycles. The number of aryl methyl sites for hydroxylation is 1. The van der Waals surface area contributed by atoms with E-state index in [0.29, 0.717) is 6.10 Å². The van der Waals surface area contributed by atoms with Crippen LogP contribution in [0.4, 0.5) is 5.69 Å². The Bertz CT molecular complexity index is 517. The summed E-state index contributed by atoms with van der Waals surface area (Å²) in [7, 11) is 0. The number of carboxylic acid groups (broad SMARTS) is 1. The number of benzene rings is 1. The lowest BCUT2D eigenvalue weighted by atomic mass is 10.0. The van der Waals surface area contributed by atoms with Crippen molar-refractivity contribution in [2.45, 2.75) is 32.8 Å². The second kappa shape index (κ2) is 7.27. The lowest BCUT2D eigenvalue weighted by Gasteiger charge is -2.34. The summed E-state index contributed by atoms with van der Waals surface area (Å²) < 4.78 is 5.68. The standard InChI is InChI=1S/C17H23NO3/c1-3-21-15-8-10-18(11-9-15)16-6-4-13(2)12-14(16)5-7-17(19)20/h4-7,12,15H,3,8-11H2,1-2H3,(H,19,20)/b7-5+. The molecule has 0 atom stereocenters. The summed E-state index contributed by atoms with van der Waals surface area (Å²) in [4.78, 5) is 13.1. The third-order valence-corrected chi connectivity index (χ3v) is 3.77. The fourth-order valence-electron chi connectivity index (χ4n) is 2.76. The quantitative estimate of drug-likeness (QED) is 0.846. The number of ether oxygens (including phenoxy) is 1. The van der Waals surface area contributed by atoms with Gasteiger partial charge in [-0.15, -0.1) is 0 Å². The topological polar surface area (TPSA) is 49.8 Å². The minimum Gasteiger partial charge on any atom is -0.478 e. The SMILES string of the molecule is CCOC1CCN(c2ccc(C)cc2/C=C/C(=O)O)CC1. The first-order valence-electron chi connectivity index (χ1n) is 7.48. The van der Waals surface area contributed by atoms with Crippen molar-refractivity contribution in [2.75, 3.05) is 24.6 Å². The highest BCUT2D eigenvalue weighted by Gasteiger charge is 2.20. The third-order valence-electron chi connectivity index (χ3n) is 3.77. The van der Waals surface area contributed by atoms with E-state index in [1.54, 1.807) is 6.08 Å². The van der Waals surface area contributed by atoms with Gasteiger partial charge in [0, 0.05) is 31.5 Å². The van der Waals surface area contributed by atoms with Crippen molar-refractivity contribution in [2.24, 2.45) is 0 Å². The van der Waals surface area contributed by atoms with Gasteiger partial charge in [-0.25, -0.2) is 4.79 Å². The molecule has 1 fully saturated rings. The number of carboxylic acids is 1. The van der Waals surface area contributed by atoms with Crippen molar-refractivity contribution in [3.63, 3.8) is 0 Å². The monoisotopic (exact) mass is 289 g/mol. The summed E-state index contributed by atoms with van der Waals surface area (Å²) >= 11 is 0. The number of anilines is 1. The molecule has 1 heterocycles. The van der Waals surface area contributed by atoms with Crippen molar-refractivity contribution in [3.8, 4) is 0 Å². The van der Waals surface area contributed by atoms with Gasteiger partial charge in [0.1, 0.15) is 0 Å². The van der Waals surface area contributed by atoms with Crippen molar-refractivity contribution in [1.29, 1.82) is 0 Å². The smallest absolute Gasteiger partial charge is 0.328 e. The van der Waals surface area contributed by atoms with Gasteiger partial charge in [0.2, 0.25) is 0 Å². The van der Waals surface area contributed by atoms with Crippen LogP contribution < -0.4 is 4.90 Å². The molecule has 1 aliphatic rings. The van der Waals surface area contributed by atoms with Gasteiger partial charge >= 0.3 is 5.97 Å². The molecular weight excluding hydrogens is 266 g/mol. The highest BCUT2D eigenvalue weighted by atomic mass is 16.5. The van der Waals surface area contributed by atoms with Crippen LogP contribution in [0.2, 0.25) is 0 Å². The van der Waals surface area contributed by atoms with Crippen molar-refractivity contribution in [3.05, 3.63) is 35.4 Å². The molecule has 0 saturated carbocycles. The molecule has 4 heteroatoms. The van der Waals surface area contributed by atoms with Gasteiger partial charge in [0.05, 0.1) is 6.10 Å². The van der Waals surface area contributed by atoms with E-state index < -0.39 is 5.97 Å². The highest BCUT2D eigenvalue weighted by molar-refractivity contribution is 5.87. The van der Waals surface area contributed by atoms with Crippen LogP contribution in [-0.4, -0.2) is 36.9 Å². The van der Waals surface area contributed by atoms with E-state index in [9.17, 15) is 4.79 Å². The maximum Gasteiger partial charge on any atom is 0.328 e. The third kappa shape index (κ3) is 4.33. The molecule has 114 valence electrons. The lowest BCUT2D eigenvalue weighted by Crippen LogP contribution is -2.37. The largest absolute Gasteiger partial charge is 0.478 e. The number of rotatable bonds is 5. The molecule has 0 radical (unpaired) electrons. The first-order valence-corrected chi connectivity index (χ1v) is 7.48. The molecule has 1 N–H and O–H groups in total. The summed E-state index contributed by atoms with van der Waals surface area (Å²) in [6.07, 6.45) is 5.27. The van der Waals surface area contributed by atoms with Gasteiger partial charge in [-0.3, -0.25) is 0 Å². The zero-order valence-corrected chi connectivity index (χ0v) is 12.7. The molecule has 1 aromatic rings. The molecule has 0 bridgehead atoms. The van der Waals surface area contributed by atoms with Crippen LogP contribution in [0.15, 0.2) is 24.3 Å². The Kier molecular flexibility index (Phi) is 5.39. The Balaban J connectivity index is 2.14. The molecule has 0 aliphatic carbocycles. The Morgan fingerprint density at radius 2 is 2.14 bits per heavy atom. The van der Waals surface area contributed by atoms with Crippen LogP contribution >= 0.6 is 0 Å². The fraction of sp³-hybridized carbons (Fsp3) is 0.471. The molecule has 0 spiro atoms. The molecule has 1 aromatic carbocycles. The molecule has 2 rings (SSSR count). The first kappa shape index (κ1) is 15.6. The number of aliphatic carboxylic acids is 1. The Hall–Kier alpha value is -1.81. The number of piperidine rings is 1. The number of hydrogen-bond acceptors (Lipinski definition) is 3. The van der Waals surface area contributed by atoms with Crippen LogP contribution in [0.25, 0.3) is 6.08 Å². The fourth-order valence-corrected chi connectivity index (χ4v) is 2.76. The normalized spacial score (nSPS) is 16.6. The Morgan fingerprint density at radius 1 is 1.43 bits per heavy atom. The average molecular weight is 289 g/mol. The number of nitrogens with zero attached hydrogens (tertiary/aromatic N) is 1. The van der Waals surface area contributed by atoms with Crippen LogP contribution in [0.1, 0.15) is 30.9 Å². The van der Waals surface area contributed by atoms with Gasteiger partial charge in [-0.05, 0) is 50.5 Å². The van der Waals surface area contributed by atoms with Gasteiger partial charge < -0.3 is 14.7 Å². The van der Waals surface area contributed by atoms with Crippen LogP contribution in [-0.2, 0) is 9.53 Å². The summed E-state index contributed by atoms with van der Waals surface area (Å²) in [5.74, 6) is -0.919. The summed E-state index contributed by atoms with van der Waals surface area (Å²) in [5.41, 5.74) is 3.20. The van der Waals surface area contributed by atoms with Crippen LogP contribution in [0.5, 0.6) is 0 Å². The number of hydrogen-bond donors (Lipinski definition) is 1. The minimum atomic E-state index is -0.919. The van der Waals surface area contributed by atoms with E-state index in [1.807, 2.05) is 19.9 Å². The summed E-state index contributed by atoms with van der Waals surface area (Å²) in [6.45, 7) is 6.70. The molecule has 0 aromatic heterocycles. The maximum absolute atomic E-state index is 10.7.